The molecule has 0 bridgehead atoms. The van der Waals surface area contributed by atoms with Crippen LogP contribution in [0.1, 0.15) is 21.4 Å². The Kier molecular flexibility index (Phi) is 5.90. The summed E-state index contributed by atoms with van der Waals surface area (Å²) in [6, 6.07) is 11.2. The Balaban J connectivity index is 1.87. The van der Waals surface area contributed by atoms with Crippen LogP contribution in [0.15, 0.2) is 36.4 Å². The summed E-state index contributed by atoms with van der Waals surface area (Å²) >= 11 is 1.61. The van der Waals surface area contributed by atoms with Crippen molar-refractivity contribution in [1.29, 1.82) is 0 Å². The Morgan fingerprint density at radius 2 is 1.78 bits per heavy atom. The molecule has 2 aromatic rings. The van der Waals surface area contributed by atoms with E-state index in [1.807, 2.05) is 38.1 Å². The van der Waals surface area contributed by atoms with Crippen LogP contribution in [0, 0.1) is 13.8 Å². The van der Waals surface area contributed by atoms with Gasteiger partial charge < -0.3 is 15.4 Å². The van der Waals surface area contributed by atoms with Crippen LogP contribution < -0.4 is 10.6 Å². The van der Waals surface area contributed by atoms with Gasteiger partial charge in [0, 0.05) is 29.1 Å². The first-order chi connectivity index (χ1) is 11.0. The van der Waals surface area contributed by atoms with E-state index in [0.717, 1.165) is 10.4 Å². The molecule has 0 aliphatic carbocycles. The van der Waals surface area contributed by atoms with Crippen molar-refractivity contribution >= 4 is 28.8 Å². The maximum atomic E-state index is 11.9. The molecular formula is C17H20N2O3S. The smallest absolute Gasteiger partial charge is 0.313 e. The number of amides is 2. The zero-order chi connectivity index (χ0) is 16.8. The lowest BCUT2D eigenvalue weighted by Gasteiger charge is -2.14. The lowest BCUT2D eigenvalue weighted by Crippen LogP contribution is -2.37. The van der Waals surface area contributed by atoms with Crippen molar-refractivity contribution in [2.45, 2.75) is 20.0 Å². The minimum atomic E-state index is -0.689. The van der Waals surface area contributed by atoms with E-state index in [2.05, 4.69) is 10.6 Å². The molecule has 0 aliphatic rings. The third-order valence-corrected chi connectivity index (χ3v) is 4.42. The molecule has 2 N–H and O–H groups in total. The summed E-state index contributed by atoms with van der Waals surface area (Å²) in [6.07, 6.45) is -0.259. The van der Waals surface area contributed by atoms with Crippen molar-refractivity contribution < 1.29 is 14.3 Å². The fourth-order valence-electron chi connectivity index (χ4n) is 2.02. The van der Waals surface area contributed by atoms with Crippen LogP contribution in [0.25, 0.3) is 0 Å². The molecule has 0 aliphatic heterocycles. The highest BCUT2D eigenvalue weighted by atomic mass is 32.1. The van der Waals surface area contributed by atoms with Gasteiger partial charge in [0.1, 0.15) is 6.10 Å². The van der Waals surface area contributed by atoms with Gasteiger partial charge in [-0.3, -0.25) is 9.59 Å². The maximum absolute atomic E-state index is 11.9. The second-order valence-corrected chi connectivity index (χ2v) is 6.52. The summed E-state index contributed by atoms with van der Waals surface area (Å²) in [7, 11) is 1.58. The maximum Gasteiger partial charge on any atom is 0.313 e. The van der Waals surface area contributed by atoms with Gasteiger partial charge >= 0.3 is 11.8 Å². The Hall–Kier alpha value is -2.18. The lowest BCUT2D eigenvalue weighted by atomic mass is 10.2. The molecule has 6 heteroatoms. The Morgan fingerprint density at radius 1 is 1.09 bits per heavy atom. The number of aryl methyl sites for hydroxylation is 2. The van der Waals surface area contributed by atoms with Crippen LogP contribution >= 0.6 is 11.3 Å². The fourth-order valence-corrected chi connectivity index (χ4v) is 2.97. The molecule has 0 radical (unpaired) electrons. The van der Waals surface area contributed by atoms with Crippen LogP contribution in [-0.2, 0) is 14.3 Å². The Morgan fingerprint density at radius 3 is 2.35 bits per heavy atom. The second kappa shape index (κ2) is 7.89. The number of anilines is 1. The van der Waals surface area contributed by atoms with Crippen molar-refractivity contribution in [3.63, 3.8) is 0 Å². The molecule has 2 amide bonds. The zero-order valence-corrected chi connectivity index (χ0v) is 14.2. The number of hydrogen-bond acceptors (Lipinski definition) is 4. The van der Waals surface area contributed by atoms with Crippen LogP contribution in [0.3, 0.4) is 0 Å². The van der Waals surface area contributed by atoms with Crippen molar-refractivity contribution in [1.82, 2.24) is 5.32 Å². The van der Waals surface area contributed by atoms with Gasteiger partial charge in [-0.15, -0.1) is 11.3 Å². The first kappa shape index (κ1) is 17.2. The highest BCUT2D eigenvalue weighted by molar-refractivity contribution is 7.12. The number of carbonyl (C=O) groups is 2. The van der Waals surface area contributed by atoms with Crippen molar-refractivity contribution in [2.75, 3.05) is 19.0 Å². The first-order valence-electron chi connectivity index (χ1n) is 7.24. The third kappa shape index (κ3) is 4.91. The Bertz CT molecular complexity index is 679. The lowest BCUT2D eigenvalue weighted by molar-refractivity contribution is -0.136. The third-order valence-electron chi connectivity index (χ3n) is 3.33. The number of ether oxygens (including phenoxy) is 1. The first-order valence-corrected chi connectivity index (χ1v) is 8.06. The van der Waals surface area contributed by atoms with Crippen molar-refractivity contribution in [3.8, 4) is 0 Å². The average Bonchev–Trinajstić information content (AvgIpc) is 2.96. The largest absolute Gasteiger partial charge is 0.374 e. The summed E-state index contributed by atoms with van der Waals surface area (Å²) in [5.74, 6) is -1.37. The van der Waals surface area contributed by atoms with Gasteiger partial charge in [0.15, 0.2) is 0 Å². The summed E-state index contributed by atoms with van der Waals surface area (Å²) < 4.78 is 5.38. The number of carbonyl (C=O) groups excluding carboxylic acids is 2. The van der Waals surface area contributed by atoms with E-state index in [4.69, 9.17) is 4.74 Å². The summed E-state index contributed by atoms with van der Waals surface area (Å²) in [4.78, 5) is 26.0. The topological polar surface area (TPSA) is 67.4 Å². The predicted molar refractivity (Wildman–Crippen MR) is 91.6 cm³/mol. The summed E-state index contributed by atoms with van der Waals surface area (Å²) in [6.45, 7) is 4.21. The fraction of sp³-hybridized carbons (Fsp3) is 0.294. The van der Waals surface area contributed by atoms with Crippen LogP contribution in [0.4, 0.5) is 5.69 Å². The molecule has 5 nitrogen and oxygen atoms in total. The Labute approximate surface area is 139 Å². The van der Waals surface area contributed by atoms with Gasteiger partial charge in [-0.25, -0.2) is 0 Å². The molecule has 1 aromatic carbocycles. The molecule has 1 unspecified atom stereocenters. The number of nitrogens with one attached hydrogen (secondary N) is 2. The van der Waals surface area contributed by atoms with Crippen LogP contribution in [-0.4, -0.2) is 25.5 Å². The SMILES string of the molecule is COC(CNC(=O)C(=O)Nc1ccc(C)cc1)c1ccc(C)s1. The minimum Gasteiger partial charge on any atom is -0.374 e. The summed E-state index contributed by atoms with van der Waals surface area (Å²) in [5, 5.41) is 5.17. The van der Waals surface area contributed by atoms with Gasteiger partial charge in [-0.1, -0.05) is 17.7 Å². The van der Waals surface area contributed by atoms with E-state index < -0.39 is 11.8 Å². The van der Waals surface area contributed by atoms with Crippen molar-refractivity contribution in [2.24, 2.45) is 0 Å². The number of methoxy groups -OCH3 is 1. The van der Waals surface area contributed by atoms with E-state index in [0.29, 0.717) is 5.69 Å². The second-order valence-electron chi connectivity index (χ2n) is 5.20. The molecule has 0 fully saturated rings. The average molecular weight is 332 g/mol. The molecular weight excluding hydrogens is 312 g/mol. The van der Waals surface area contributed by atoms with Gasteiger partial charge in [0.25, 0.3) is 0 Å². The molecule has 0 saturated carbocycles. The van der Waals surface area contributed by atoms with E-state index >= 15 is 0 Å². The summed E-state index contributed by atoms with van der Waals surface area (Å²) in [5.41, 5.74) is 1.68. The van der Waals surface area contributed by atoms with Gasteiger partial charge in [-0.2, -0.15) is 0 Å². The molecule has 0 spiro atoms. The number of thiophene rings is 1. The minimum absolute atomic E-state index is 0.247. The number of hydrogen-bond donors (Lipinski definition) is 2. The quantitative estimate of drug-likeness (QED) is 0.827. The van der Waals surface area contributed by atoms with Crippen LogP contribution in [0.5, 0.6) is 0 Å². The molecule has 1 heterocycles. The van der Waals surface area contributed by atoms with Crippen molar-refractivity contribution in [3.05, 3.63) is 51.7 Å². The van der Waals surface area contributed by atoms with Gasteiger partial charge in [-0.05, 0) is 38.1 Å². The van der Waals surface area contributed by atoms with E-state index in [1.54, 1.807) is 30.6 Å². The van der Waals surface area contributed by atoms with E-state index in [9.17, 15) is 9.59 Å². The monoisotopic (exact) mass is 332 g/mol. The van der Waals surface area contributed by atoms with E-state index in [1.165, 1.54) is 4.88 Å². The van der Waals surface area contributed by atoms with Gasteiger partial charge in [0.2, 0.25) is 0 Å². The molecule has 122 valence electrons. The molecule has 23 heavy (non-hydrogen) atoms. The molecule has 1 aromatic heterocycles. The number of rotatable bonds is 5. The standard InChI is InChI=1S/C17H20N2O3S/c1-11-4-7-13(8-5-11)19-17(21)16(20)18-10-14(22-3)15-9-6-12(2)23-15/h4-9,14H,10H2,1-3H3,(H,18,20)(H,19,21). The molecule has 2 rings (SSSR count). The molecule has 0 saturated heterocycles. The number of benzene rings is 1. The predicted octanol–water partition coefficient (Wildman–Crippen LogP) is 2.81. The van der Waals surface area contributed by atoms with Gasteiger partial charge in [0.05, 0.1) is 0 Å². The van der Waals surface area contributed by atoms with E-state index in [-0.39, 0.29) is 12.6 Å². The highest BCUT2D eigenvalue weighted by Crippen LogP contribution is 2.24. The normalized spacial score (nSPS) is 11.8. The van der Waals surface area contributed by atoms with Crippen LogP contribution in [0.2, 0.25) is 0 Å². The zero-order valence-electron chi connectivity index (χ0n) is 13.4. The molecule has 1 atom stereocenters. The highest BCUT2D eigenvalue weighted by Gasteiger charge is 2.18.